The third-order valence-corrected chi connectivity index (χ3v) is 6.00. The Kier molecular flexibility index (Phi) is 9.04. The molecule has 162 valence electrons. The molecule has 1 aromatic carbocycles. The summed E-state index contributed by atoms with van der Waals surface area (Å²) >= 11 is 0. The molecule has 1 saturated heterocycles. The Balaban J connectivity index is 1.79. The van der Waals surface area contributed by atoms with Gasteiger partial charge in [-0.2, -0.15) is 0 Å². The first-order chi connectivity index (χ1) is 13.8. The lowest BCUT2D eigenvalue weighted by Crippen LogP contribution is -3.28. The van der Waals surface area contributed by atoms with Crippen molar-refractivity contribution in [2.45, 2.75) is 52.6 Å². The first-order valence-corrected chi connectivity index (χ1v) is 10.9. The first kappa shape index (κ1) is 23.3. The van der Waals surface area contributed by atoms with Crippen molar-refractivity contribution in [2.24, 2.45) is 0 Å². The standard InChI is InChI=1S/C22H35FN4O2/c1-5-17(3)27(18(4)6-2)22(29)16-26-12-10-25(11-13-26)15-21(28)24-20-9-7-8-19(23)14-20/h7-9,14,17-18H,5-6,10-13,15-16H2,1-4H3,(H,24,28)/p+2/t17-,18-/m0/s1. The average Bonchev–Trinajstić information content (AvgIpc) is 2.69. The Bertz CT molecular complexity index is 667. The number of nitrogens with one attached hydrogen (secondary N) is 3. The molecule has 1 aromatic rings. The van der Waals surface area contributed by atoms with Gasteiger partial charge in [-0.15, -0.1) is 0 Å². The van der Waals surface area contributed by atoms with Gasteiger partial charge in [0, 0.05) is 17.8 Å². The molecule has 3 N–H and O–H groups in total. The van der Waals surface area contributed by atoms with E-state index in [1.807, 2.05) is 0 Å². The van der Waals surface area contributed by atoms with E-state index in [0.717, 1.165) is 39.0 Å². The lowest BCUT2D eigenvalue weighted by molar-refractivity contribution is -1.00. The van der Waals surface area contributed by atoms with Crippen molar-refractivity contribution >= 4 is 17.5 Å². The number of hydrogen-bond acceptors (Lipinski definition) is 2. The Morgan fingerprint density at radius 1 is 1.03 bits per heavy atom. The maximum atomic E-state index is 13.2. The topological polar surface area (TPSA) is 58.3 Å². The number of quaternary nitrogens is 2. The Labute approximate surface area is 174 Å². The van der Waals surface area contributed by atoms with Crippen molar-refractivity contribution in [3.63, 3.8) is 0 Å². The smallest absolute Gasteiger partial charge is 0.279 e. The molecular weight excluding hydrogens is 371 g/mol. The summed E-state index contributed by atoms with van der Waals surface area (Å²) in [7, 11) is 0. The number of piperazine rings is 1. The average molecular weight is 409 g/mol. The number of carbonyl (C=O) groups excluding carboxylic acids is 2. The molecule has 1 heterocycles. The highest BCUT2D eigenvalue weighted by Gasteiger charge is 2.30. The van der Waals surface area contributed by atoms with Crippen LogP contribution >= 0.6 is 0 Å². The van der Waals surface area contributed by atoms with Crippen LogP contribution in [0.2, 0.25) is 0 Å². The fraction of sp³-hybridized carbons (Fsp3) is 0.636. The molecule has 0 radical (unpaired) electrons. The van der Waals surface area contributed by atoms with Gasteiger partial charge in [0.15, 0.2) is 13.1 Å². The Morgan fingerprint density at radius 2 is 1.59 bits per heavy atom. The summed E-state index contributed by atoms with van der Waals surface area (Å²) in [5.74, 6) is -0.235. The number of amides is 2. The molecular formula is C22H37FN4O2+2. The maximum Gasteiger partial charge on any atom is 0.279 e. The monoisotopic (exact) mass is 408 g/mol. The van der Waals surface area contributed by atoms with Crippen LogP contribution in [0.3, 0.4) is 0 Å². The summed E-state index contributed by atoms with van der Waals surface area (Å²) in [6.45, 7) is 12.8. The number of halogens is 1. The lowest BCUT2D eigenvalue weighted by atomic mass is 10.1. The molecule has 0 aromatic heterocycles. The van der Waals surface area contributed by atoms with E-state index in [9.17, 15) is 14.0 Å². The zero-order chi connectivity index (χ0) is 21.4. The molecule has 0 saturated carbocycles. The van der Waals surface area contributed by atoms with Gasteiger partial charge >= 0.3 is 0 Å². The highest BCUT2D eigenvalue weighted by Crippen LogP contribution is 2.11. The zero-order valence-corrected chi connectivity index (χ0v) is 18.3. The van der Waals surface area contributed by atoms with Crippen LogP contribution in [0, 0.1) is 5.82 Å². The van der Waals surface area contributed by atoms with Crippen molar-refractivity contribution < 1.29 is 23.8 Å². The molecule has 0 unspecified atom stereocenters. The second kappa shape index (κ2) is 11.3. The number of hydrogen-bond donors (Lipinski definition) is 3. The van der Waals surface area contributed by atoms with Crippen LogP contribution in [0.5, 0.6) is 0 Å². The molecule has 7 heteroatoms. The number of benzene rings is 1. The van der Waals surface area contributed by atoms with Crippen LogP contribution in [0.25, 0.3) is 0 Å². The van der Waals surface area contributed by atoms with Crippen molar-refractivity contribution in [1.29, 1.82) is 0 Å². The summed E-state index contributed by atoms with van der Waals surface area (Å²) in [5.41, 5.74) is 0.486. The lowest BCUT2D eigenvalue weighted by Gasteiger charge is -2.36. The van der Waals surface area contributed by atoms with E-state index in [1.165, 1.54) is 21.9 Å². The van der Waals surface area contributed by atoms with Gasteiger partial charge in [0.1, 0.15) is 32.0 Å². The molecule has 29 heavy (non-hydrogen) atoms. The van der Waals surface area contributed by atoms with Gasteiger partial charge < -0.3 is 20.0 Å². The molecule has 1 aliphatic heterocycles. The first-order valence-electron chi connectivity index (χ1n) is 10.9. The van der Waals surface area contributed by atoms with Crippen LogP contribution in [0.4, 0.5) is 10.1 Å². The van der Waals surface area contributed by atoms with Gasteiger partial charge in [-0.3, -0.25) is 9.59 Å². The fourth-order valence-corrected chi connectivity index (χ4v) is 3.93. The summed E-state index contributed by atoms with van der Waals surface area (Å²) in [6.07, 6.45) is 1.92. The van der Waals surface area contributed by atoms with Crippen LogP contribution in [-0.2, 0) is 9.59 Å². The third-order valence-electron chi connectivity index (χ3n) is 6.00. The van der Waals surface area contributed by atoms with Gasteiger partial charge in [0.05, 0.1) is 0 Å². The molecule has 0 bridgehead atoms. The number of nitrogens with zero attached hydrogens (tertiary/aromatic N) is 1. The van der Waals surface area contributed by atoms with Crippen molar-refractivity contribution in [1.82, 2.24) is 4.90 Å². The third kappa shape index (κ3) is 7.08. The van der Waals surface area contributed by atoms with E-state index in [-0.39, 0.29) is 29.7 Å². The normalized spacial score (nSPS) is 21.3. The summed E-state index contributed by atoms with van der Waals surface area (Å²) in [5, 5.41) is 2.76. The second-order valence-corrected chi connectivity index (χ2v) is 8.23. The summed E-state index contributed by atoms with van der Waals surface area (Å²) in [6, 6.07) is 6.46. The van der Waals surface area contributed by atoms with Crippen LogP contribution in [0.15, 0.2) is 24.3 Å². The summed E-state index contributed by atoms with van der Waals surface area (Å²) < 4.78 is 13.2. The van der Waals surface area contributed by atoms with Gasteiger partial charge in [-0.05, 0) is 44.9 Å². The minimum atomic E-state index is -0.360. The van der Waals surface area contributed by atoms with Gasteiger partial charge in [-0.1, -0.05) is 19.9 Å². The zero-order valence-electron chi connectivity index (χ0n) is 18.3. The molecule has 2 atom stereocenters. The van der Waals surface area contributed by atoms with E-state index in [1.54, 1.807) is 12.1 Å². The van der Waals surface area contributed by atoms with Crippen LogP contribution in [-0.4, -0.2) is 68.1 Å². The van der Waals surface area contributed by atoms with Gasteiger partial charge in [0.25, 0.3) is 11.8 Å². The van der Waals surface area contributed by atoms with Gasteiger partial charge in [0.2, 0.25) is 0 Å². The van der Waals surface area contributed by atoms with Crippen molar-refractivity contribution in [2.75, 3.05) is 44.6 Å². The van der Waals surface area contributed by atoms with E-state index < -0.39 is 0 Å². The van der Waals surface area contributed by atoms with E-state index in [4.69, 9.17) is 0 Å². The quantitative estimate of drug-likeness (QED) is 0.538. The summed E-state index contributed by atoms with van der Waals surface area (Å²) in [4.78, 5) is 29.7. The van der Waals surface area contributed by atoms with E-state index in [0.29, 0.717) is 18.8 Å². The Morgan fingerprint density at radius 3 is 2.10 bits per heavy atom. The number of carbonyl (C=O) groups is 2. The predicted molar refractivity (Wildman–Crippen MR) is 113 cm³/mol. The van der Waals surface area contributed by atoms with Gasteiger partial charge in [-0.25, -0.2) is 4.39 Å². The van der Waals surface area contributed by atoms with E-state index in [2.05, 4.69) is 37.9 Å². The highest BCUT2D eigenvalue weighted by molar-refractivity contribution is 5.91. The maximum absolute atomic E-state index is 13.2. The predicted octanol–water partition coefficient (Wildman–Crippen LogP) is -0.0268. The molecule has 1 fully saturated rings. The largest absolute Gasteiger partial charge is 0.332 e. The molecule has 0 spiro atoms. The van der Waals surface area contributed by atoms with Crippen LogP contribution in [0.1, 0.15) is 40.5 Å². The fourth-order valence-electron chi connectivity index (χ4n) is 3.93. The highest BCUT2D eigenvalue weighted by atomic mass is 19.1. The minimum Gasteiger partial charge on any atom is -0.332 e. The minimum absolute atomic E-state index is 0.107. The number of anilines is 1. The molecule has 1 aliphatic rings. The molecule has 0 aliphatic carbocycles. The van der Waals surface area contributed by atoms with E-state index >= 15 is 0 Å². The Hall–Kier alpha value is -1.99. The SMILES string of the molecule is CC[C@H](C)N(C(=O)C[NH+]1CC[NH+](CC(=O)Nc2cccc(F)c2)CC1)[C@@H](C)CC. The van der Waals surface area contributed by atoms with Crippen molar-refractivity contribution in [3.05, 3.63) is 30.1 Å². The molecule has 2 amide bonds. The number of rotatable bonds is 9. The second-order valence-electron chi connectivity index (χ2n) is 8.23. The van der Waals surface area contributed by atoms with Crippen molar-refractivity contribution in [3.8, 4) is 0 Å². The molecule has 6 nitrogen and oxygen atoms in total. The molecule has 2 rings (SSSR count). The van der Waals surface area contributed by atoms with Crippen LogP contribution < -0.4 is 15.1 Å².